The van der Waals surface area contributed by atoms with Crippen LogP contribution in [0.4, 0.5) is 0 Å². The van der Waals surface area contributed by atoms with Gasteiger partial charge in [0.2, 0.25) is 5.91 Å². The van der Waals surface area contributed by atoms with Crippen LogP contribution >= 0.6 is 0 Å². The Morgan fingerprint density at radius 2 is 2.21 bits per heavy atom. The molecule has 1 aliphatic heterocycles. The van der Waals surface area contributed by atoms with Gasteiger partial charge in [0.1, 0.15) is 0 Å². The van der Waals surface area contributed by atoms with Crippen molar-refractivity contribution in [3.05, 3.63) is 0 Å². The SMILES string of the molecule is C[C@H]1CC[C@@H]2NC(=O)[C@@H](CN)C[C@@H]2C1. The van der Waals surface area contributed by atoms with Crippen LogP contribution in [0, 0.1) is 17.8 Å². The number of amides is 1. The summed E-state index contributed by atoms with van der Waals surface area (Å²) < 4.78 is 0. The summed E-state index contributed by atoms with van der Waals surface area (Å²) in [6, 6.07) is 0.446. The van der Waals surface area contributed by atoms with Crippen molar-refractivity contribution in [3.8, 4) is 0 Å². The van der Waals surface area contributed by atoms with E-state index in [-0.39, 0.29) is 11.8 Å². The molecule has 2 rings (SSSR count). The third kappa shape index (κ3) is 1.78. The molecule has 4 atom stereocenters. The molecule has 3 nitrogen and oxygen atoms in total. The zero-order valence-electron chi connectivity index (χ0n) is 8.83. The van der Waals surface area contributed by atoms with Crippen LogP contribution in [0.2, 0.25) is 0 Å². The molecule has 14 heavy (non-hydrogen) atoms. The van der Waals surface area contributed by atoms with Crippen LogP contribution in [-0.2, 0) is 4.79 Å². The van der Waals surface area contributed by atoms with Crippen molar-refractivity contribution >= 4 is 5.91 Å². The zero-order valence-corrected chi connectivity index (χ0v) is 8.83. The molecule has 0 unspecified atom stereocenters. The topological polar surface area (TPSA) is 55.1 Å². The second-order valence-electron chi connectivity index (χ2n) is 4.96. The van der Waals surface area contributed by atoms with Gasteiger partial charge in [-0.25, -0.2) is 0 Å². The molecule has 0 bridgehead atoms. The number of rotatable bonds is 1. The largest absolute Gasteiger partial charge is 0.353 e. The van der Waals surface area contributed by atoms with E-state index in [4.69, 9.17) is 5.73 Å². The van der Waals surface area contributed by atoms with E-state index in [2.05, 4.69) is 12.2 Å². The minimum absolute atomic E-state index is 0.0709. The Morgan fingerprint density at radius 3 is 2.93 bits per heavy atom. The Bertz CT molecular complexity index is 229. The molecule has 1 saturated carbocycles. The molecule has 2 aliphatic rings. The van der Waals surface area contributed by atoms with E-state index in [1.54, 1.807) is 0 Å². The predicted octanol–water partition coefficient (Wildman–Crippen LogP) is 0.886. The average molecular weight is 196 g/mol. The van der Waals surface area contributed by atoms with Crippen molar-refractivity contribution in [2.24, 2.45) is 23.5 Å². The van der Waals surface area contributed by atoms with Gasteiger partial charge in [-0.1, -0.05) is 6.92 Å². The standard InChI is InChI=1S/C11H20N2O/c1-7-2-3-10-8(4-7)5-9(6-12)11(14)13-10/h7-10H,2-6,12H2,1H3,(H,13,14)/t7-,8-,9+,10-/m0/s1. The Morgan fingerprint density at radius 1 is 1.43 bits per heavy atom. The lowest BCUT2D eigenvalue weighted by atomic mass is 9.72. The van der Waals surface area contributed by atoms with Gasteiger partial charge in [-0.3, -0.25) is 4.79 Å². The Balaban J connectivity index is 2.01. The maximum absolute atomic E-state index is 11.6. The Hall–Kier alpha value is -0.570. The normalized spacial score (nSPS) is 42.9. The summed E-state index contributed by atoms with van der Waals surface area (Å²) in [6.45, 7) is 2.81. The molecule has 0 aromatic carbocycles. The third-order valence-corrected chi connectivity index (χ3v) is 3.81. The monoisotopic (exact) mass is 196 g/mol. The van der Waals surface area contributed by atoms with Crippen LogP contribution in [-0.4, -0.2) is 18.5 Å². The predicted molar refractivity (Wildman–Crippen MR) is 55.6 cm³/mol. The van der Waals surface area contributed by atoms with Crippen LogP contribution in [0.3, 0.4) is 0 Å². The number of hydrogen-bond donors (Lipinski definition) is 2. The third-order valence-electron chi connectivity index (χ3n) is 3.81. The first-order valence-corrected chi connectivity index (χ1v) is 5.71. The first-order chi connectivity index (χ1) is 6.70. The highest BCUT2D eigenvalue weighted by atomic mass is 16.2. The molecule has 0 spiro atoms. The molecule has 2 fully saturated rings. The van der Waals surface area contributed by atoms with Gasteiger partial charge in [0.25, 0.3) is 0 Å². The van der Waals surface area contributed by atoms with Crippen LogP contribution < -0.4 is 11.1 Å². The molecule has 3 N–H and O–H groups in total. The summed E-state index contributed by atoms with van der Waals surface area (Å²) in [7, 11) is 0. The highest BCUT2D eigenvalue weighted by molar-refractivity contribution is 5.80. The van der Waals surface area contributed by atoms with E-state index >= 15 is 0 Å². The first kappa shape index (κ1) is 9.97. The van der Waals surface area contributed by atoms with Crippen molar-refractivity contribution in [2.45, 2.75) is 38.6 Å². The summed E-state index contributed by atoms with van der Waals surface area (Å²) >= 11 is 0. The number of nitrogens with one attached hydrogen (secondary N) is 1. The Kier molecular flexibility index (Phi) is 2.77. The lowest BCUT2D eigenvalue weighted by Crippen LogP contribution is -2.53. The average Bonchev–Trinajstić information content (AvgIpc) is 2.17. The lowest BCUT2D eigenvalue weighted by Gasteiger charge is -2.41. The summed E-state index contributed by atoms with van der Waals surface area (Å²) in [4.78, 5) is 11.6. The highest BCUT2D eigenvalue weighted by Gasteiger charge is 2.37. The highest BCUT2D eigenvalue weighted by Crippen LogP contribution is 2.35. The van der Waals surface area contributed by atoms with Crippen LogP contribution in [0.15, 0.2) is 0 Å². The number of nitrogens with two attached hydrogens (primary N) is 1. The molecule has 1 saturated heterocycles. The maximum Gasteiger partial charge on any atom is 0.224 e. The summed E-state index contributed by atoms with van der Waals surface area (Å²) in [6.07, 6.45) is 4.70. The molecule has 0 radical (unpaired) electrons. The number of hydrogen-bond acceptors (Lipinski definition) is 2. The fourth-order valence-corrected chi connectivity index (χ4v) is 2.93. The molecule has 3 heteroatoms. The van der Waals surface area contributed by atoms with Crippen LogP contribution in [0.1, 0.15) is 32.6 Å². The van der Waals surface area contributed by atoms with E-state index < -0.39 is 0 Å². The van der Waals surface area contributed by atoms with Gasteiger partial charge in [0.05, 0.1) is 5.92 Å². The minimum atomic E-state index is 0.0709. The molecule has 1 amide bonds. The zero-order chi connectivity index (χ0) is 10.1. The van der Waals surface area contributed by atoms with E-state index in [0.717, 1.165) is 18.8 Å². The van der Waals surface area contributed by atoms with Gasteiger partial charge in [-0.15, -0.1) is 0 Å². The van der Waals surface area contributed by atoms with E-state index in [1.807, 2.05) is 0 Å². The van der Waals surface area contributed by atoms with Gasteiger partial charge in [-0.2, -0.15) is 0 Å². The van der Waals surface area contributed by atoms with Crippen molar-refractivity contribution in [1.29, 1.82) is 0 Å². The van der Waals surface area contributed by atoms with Gasteiger partial charge >= 0.3 is 0 Å². The van der Waals surface area contributed by atoms with Gasteiger partial charge in [0, 0.05) is 12.6 Å². The second-order valence-corrected chi connectivity index (χ2v) is 4.96. The Labute approximate surface area is 85.4 Å². The van der Waals surface area contributed by atoms with Crippen LogP contribution in [0.5, 0.6) is 0 Å². The number of carbonyl (C=O) groups is 1. The summed E-state index contributed by atoms with van der Waals surface area (Å²) in [5, 5.41) is 3.12. The van der Waals surface area contributed by atoms with Gasteiger partial charge in [0.15, 0.2) is 0 Å². The molecule has 80 valence electrons. The fourth-order valence-electron chi connectivity index (χ4n) is 2.93. The maximum atomic E-state index is 11.6. The molecule has 1 heterocycles. The number of fused-ring (bicyclic) bond motifs is 1. The second kappa shape index (κ2) is 3.89. The number of piperidine rings is 1. The van der Waals surface area contributed by atoms with Crippen LogP contribution in [0.25, 0.3) is 0 Å². The van der Waals surface area contributed by atoms with Crippen molar-refractivity contribution < 1.29 is 4.79 Å². The van der Waals surface area contributed by atoms with Gasteiger partial charge < -0.3 is 11.1 Å². The van der Waals surface area contributed by atoms with Crippen molar-refractivity contribution in [2.75, 3.05) is 6.54 Å². The quantitative estimate of drug-likeness (QED) is 0.654. The smallest absolute Gasteiger partial charge is 0.224 e. The van der Waals surface area contributed by atoms with E-state index in [9.17, 15) is 4.79 Å². The molecule has 0 aromatic rings. The van der Waals surface area contributed by atoms with E-state index in [0.29, 0.717) is 18.5 Å². The molecular formula is C11H20N2O. The fraction of sp³-hybridized carbons (Fsp3) is 0.909. The van der Waals surface area contributed by atoms with E-state index in [1.165, 1.54) is 12.8 Å². The van der Waals surface area contributed by atoms with Gasteiger partial charge in [-0.05, 0) is 37.5 Å². The first-order valence-electron chi connectivity index (χ1n) is 5.71. The minimum Gasteiger partial charge on any atom is -0.353 e. The lowest BCUT2D eigenvalue weighted by molar-refractivity contribution is -0.129. The molecule has 0 aromatic heterocycles. The van der Waals surface area contributed by atoms with Crippen molar-refractivity contribution in [3.63, 3.8) is 0 Å². The summed E-state index contributed by atoms with van der Waals surface area (Å²) in [5.41, 5.74) is 5.59. The number of carbonyl (C=O) groups excluding carboxylic acids is 1. The summed E-state index contributed by atoms with van der Waals surface area (Å²) in [5.74, 6) is 1.76. The molecular weight excluding hydrogens is 176 g/mol. The molecule has 1 aliphatic carbocycles. The van der Waals surface area contributed by atoms with Crippen molar-refractivity contribution in [1.82, 2.24) is 5.32 Å².